The second-order valence-electron chi connectivity index (χ2n) is 4.43. The number of aromatic nitrogens is 2. The smallest absolute Gasteiger partial charge is 0.170 e. The molecule has 1 aromatic heterocycles. The Morgan fingerprint density at radius 1 is 1.37 bits per heavy atom. The van der Waals surface area contributed by atoms with Gasteiger partial charge in [0.25, 0.3) is 0 Å². The lowest BCUT2D eigenvalue weighted by molar-refractivity contribution is 0.209. The molecular weight excluding hydrogens is 258 g/mol. The topological polar surface area (TPSA) is 61.0 Å². The number of nitrogens with zero attached hydrogens (tertiary/aromatic N) is 2. The molecule has 0 radical (unpaired) electrons. The molecule has 1 aromatic carbocycles. The van der Waals surface area contributed by atoms with E-state index < -0.39 is 0 Å². The molecule has 2 aromatic rings. The van der Waals surface area contributed by atoms with Gasteiger partial charge in [0.05, 0.1) is 5.69 Å². The molecule has 0 spiro atoms. The molecule has 3 rings (SSSR count). The quantitative estimate of drug-likeness (QED) is 0.910. The van der Waals surface area contributed by atoms with Crippen LogP contribution in [0.4, 0.5) is 0 Å². The van der Waals surface area contributed by atoms with Crippen LogP contribution < -0.4 is 10.5 Å². The van der Waals surface area contributed by atoms with Gasteiger partial charge in [-0.15, -0.1) is 11.8 Å². The van der Waals surface area contributed by atoms with Gasteiger partial charge in [0, 0.05) is 22.9 Å². The van der Waals surface area contributed by atoms with E-state index >= 15 is 0 Å². The number of para-hydroxylation sites is 1. The minimum atomic E-state index is -0.106. The summed E-state index contributed by atoms with van der Waals surface area (Å²) >= 11 is 1.77. The summed E-state index contributed by atoms with van der Waals surface area (Å²) in [6.45, 7) is 2.38. The highest BCUT2D eigenvalue weighted by atomic mass is 32.2. The summed E-state index contributed by atoms with van der Waals surface area (Å²) in [7, 11) is 0. The van der Waals surface area contributed by atoms with E-state index in [4.69, 9.17) is 10.5 Å². The number of thioether (sulfide) groups is 1. The molecule has 1 atom stereocenters. The Bertz CT molecular complexity index is 603. The van der Waals surface area contributed by atoms with E-state index in [2.05, 4.69) is 16.0 Å². The third-order valence-electron chi connectivity index (χ3n) is 2.93. The van der Waals surface area contributed by atoms with E-state index in [0.717, 1.165) is 28.7 Å². The third kappa shape index (κ3) is 2.57. The minimum absolute atomic E-state index is 0.106. The summed E-state index contributed by atoms with van der Waals surface area (Å²) in [4.78, 5) is 10.1. The number of rotatable bonds is 2. The maximum atomic E-state index is 5.99. The molecule has 0 aliphatic carbocycles. The monoisotopic (exact) mass is 273 g/mol. The molecule has 5 heteroatoms. The zero-order chi connectivity index (χ0) is 13.2. The molecule has 2 N–H and O–H groups in total. The number of hydrogen-bond donors (Lipinski definition) is 1. The molecule has 19 heavy (non-hydrogen) atoms. The molecule has 0 bridgehead atoms. The van der Waals surface area contributed by atoms with Crippen LogP contribution in [-0.2, 0) is 6.54 Å². The van der Waals surface area contributed by atoms with Crippen LogP contribution in [0.2, 0.25) is 0 Å². The van der Waals surface area contributed by atoms with Crippen LogP contribution >= 0.6 is 11.8 Å². The fourth-order valence-electron chi connectivity index (χ4n) is 2.05. The van der Waals surface area contributed by atoms with Gasteiger partial charge in [0.1, 0.15) is 5.75 Å². The van der Waals surface area contributed by atoms with Gasteiger partial charge in [-0.1, -0.05) is 12.1 Å². The first-order valence-electron chi connectivity index (χ1n) is 6.19. The number of nitrogens with two attached hydrogens (primary N) is 1. The molecule has 1 aliphatic rings. The third-order valence-corrected chi connectivity index (χ3v) is 4.05. The second kappa shape index (κ2) is 5.19. The molecular formula is C14H15N3OS. The Hall–Kier alpha value is -1.59. The second-order valence-corrected chi connectivity index (χ2v) is 5.49. The van der Waals surface area contributed by atoms with Crippen molar-refractivity contribution in [2.45, 2.75) is 24.5 Å². The molecule has 0 amide bonds. The van der Waals surface area contributed by atoms with Crippen LogP contribution in [0.3, 0.4) is 0 Å². The van der Waals surface area contributed by atoms with Gasteiger partial charge < -0.3 is 10.5 Å². The molecule has 2 heterocycles. The van der Waals surface area contributed by atoms with Gasteiger partial charge in [-0.2, -0.15) is 0 Å². The Morgan fingerprint density at radius 2 is 2.21 bits per heavy atom. The SMILES string of the molecule is Cc1cc(CN)nc(C2CSc3ccccc3O2)n1. The van der Waals surface area contributed by atoms with E-state index in [1.54, 1.807) is 11.8 Å². The van der Waals surface area contributed by atoms with E-state index in [1.165, 1.54) is 4.90 Å². The summed E-state index contributed by atoms with van der Waals surface area (Å²) in [5, 5.41) is 0. The molecule has 0 fully saturated rings. The number of fused-ring (bicyclic) bond motifs is 1. The number of benzene rings is 1. The van der Waals surface area contributed by atoms with Crippen molar-refractivity contribution < 1.29 is 4.74 Å². The molecule has 1 unspecified atom stereocenters. The Kier molecular flexibility index (Phi) is 3.40. The molecule has 0 saturated heterocycles. The van der Waals surface area contributed by atoms with E-state index in [1.807, 2.05) is 31.2 Å². The van der Waals surface area contributed by atoms with Gasteiger partial charge in [0.15, 0.2) is 11.9 Å². The zero-order valence-corrected chi connectivity index (χ0v) is 11.5. The Labute approximate surface area is 116 Å². The van der Waals surface area contributed by atoms with Gasteiger partial charge in [-0.3, -0.25) is 0 Å². The van der Waals surface area contributed by atoms with Gasteiger partial charge >= 0.3 is 0 Å². The summed E-state index contributed by atoms with van der Waals surface area (Å²) in [6.07, 6.45) is -0.106. The van der Waals surface area contributed by atoms with Crippen LogP contribution in [0.5, 0.6) is 5.75 Å². The van der Waals surface area contributed by atoms with Crippen molar-refractivity contribution in [2.75, 3.05) is 5.75 Å². The van der Waals surface area contributed by atoms with Crippen molar-refractivity contribution in [3.8, 4) is 5.75 Å². The highest BCUT2D eigenvalue weighted by Crippen LogP contribution is 2.39. The molecule has 98 valence electrons. The van der Waals surface area contributed by atoms with Gasteiger partial charge in [-0.25, -0.2) is 9.97 Å². The zero-order valence-electron chi connectivity index (χ0n) is 10.7. The van der Waals surface area contributed by atoms with Crippen molar-refractivity contribution in [1.29, 1.82) is 0 Å². The average molecular weight is 273 g/mol. The molecule has 0 saturated carbocycles. The minimum Gasteiger partial charge on any atom is -0.480 e. The van der Waals surface area contributed by atoms with E-state index in [0.29, 0.717) is 6.54 Å². The Balaban J connectivity index is 1.90. The molecule has 4 nitrogen and oxygen atoms in total. The fraction of sp³-hybridized carbons (Fsp3) is 0.286. The van der Waals surface area contributed by atoms with Crippen LogP contribution in [0, 0.1) is 6.92 Å². The van der Waals surface area contributed by atoms with Crippen molar-refractivity contribution in [3.05, 3.63) is 47.5 Å². The first-order valence-corrected chi connectivity index (χ1v) is 7.18. The van der Waals surface area contributed by atoms with Gasteiger partial charge in [0.2, 0.25) is 0 Å². The van der Waals surface area contributed by atoms with Crippen molar-refractivity contribution in [1.82, 2.24) is 9.97 Å². The maximum absolute atomic E-state index is 5.99. The fourth-order valence-corrected chi connectivity index (χ4v) is 3.04. The van der Waals surface area contributed by atoms with Crippen molar-refractivity contribution in [2.24, 2.45) is 5.73 Å². The first kappa shape index (κ1) is 12.4. The Morgan fingerprint density at radius 3 is 3.05 bits per heavy atom. The van der Waals surface area contributed by atoms with E-state index in [9.17, 15) is 0 Å². The standard InChI is InChI=1S/C14H15N3OS/c1-9-6-10(7-15)17-14(16-9)12-8-19-13-5-3-2-4-11(13)18-12/h2-6,12H,7-8,15H2,1H3. The lowest BCUT2D eigenvalue weighted by atomic mass is 10.2. The summed E-state index contributed by atoms with van der Waals surface area (Å²) in [5.74, 6) is 2.45. The average Bonchev–Trinajstić information content (AvgIpc) is 2.46. The summed E-state index contributed by atoms with van der Waals surface area (Å²) in [5.41, 5.74) is 7.44. The summed E-state index contributed by atoms with van der Waals surface area (Å²) < 4.78 is 5.99. The summed E-state index contributed by atoms with van der Waals surface area (Å²) in [6, 6.07) is 9.95. The lowest BCUT2D eigenvalue weighted by Gasteiger charge is -2.24. The van der Waals surface area contributed by atoms with Crippen LogP contribution in [0.25, 0.3) is 0 Å². The van der Waals surface area contributed by atoms with Crippen LogP contribution in [0.1, 0.15) is 23.3 Å². The maximum Gasteiger partial charge on any atom is 0.170 e. The highest BCUT2D eigenvalue weighted by Gasteiger charge is 2.24. The first-order chi connectivity index (χ1) is 9.26. The predicted molar refractivity (Wildman–Crippen MR) is 75.2 cm³/mol. The molecule has 1 aliphatic heterocycles. The van der Waals surface area contributed by atoms with Crippen LogP contribution in [-0.4, -0.2) is 15.7 Å². The van der Waals surface area contributed by atoms with Crippen molar-refractivity contribution in [3.63, 3.8) is 0 Å². The van der Waals surface area contributed by atoms with Crippen LogP contribution in [0.15, 0.2) is 35.2 Å². The lowest BCUT2D eigenvalue weighted by Crippen LogP contribution is -2.19. The normalized spacial score (nSPS) is 17.7. The number of aryl methyl sites for hydroxylation is 1. The van der Waals surface area contributed by atoms with E-state index in [-0.39, 0.29) is 6.10 Å². The number of ether oxygens (including phenoxy) is 1. The highest BCUT2D eigenvalue weighted by molar-refractivity contribution is 7.99. The largest absolute Gasteiger partial charge is 0.480 e. The van der Waals surface area contributed by atoms with Gasteiger partial charge in [-0.05, 0) is 25.1 Å². The number of hydrogen-bond acceptors (Lipinski definition) is 5. The van der Waals surface area contributed by atoms with Crippen molar-refractivity contribution >= 4 is 11.8 Å². The predicted octanol–water partition coefficient (Wildman–Crippen LogP) is 2.47.